The molecule has 1 saturated heterocycles. The summed E-state index contributed by atoms with van der Waals surface area (Å²) in [4.78, 5) is 18.8. The normalized spacial score (nSPS) is 14.2. The Balaban J connectivity index is 0.00000280. The molecule has 0 bridgehead atoms. The lowest BCUT2D eigenvalue weighted by Crippen LogP contribution is -2.35. The number of hydrogen-bond donors (Lipinski definition) is 2. The van der Waals surface area contributed by atoms with Gasteiger partial charge in [-0.15, -0.1) is 24.0 Å². The number of nitrogens with two attached hydrogens (primary N) is 1. The number of aliphatic imine (C=N–C) groups is 1. The van der Waals surface area contributed by atoms with Gasteiger partial charge in [0.15, 0.2) is 5.96 Å². The van der Waals surface area contributed by atoms with Crippen molar-refractivity contribution in [1.29, 1.82) is 0 Å². The van der Waals surface area contributed by atoms with Crippen molar-refractivity contribution < 1.29 is 9.53 Å². The molecule has 7 heteroatoms. The molecule has 2 aromatic carbocycles. The molecule has 1 amide bonds. The van der Waals surface area contributed by atoms with E-state index in [1.807, 2.05) is 53.4 Å². The van der Waals surface area contributed by atoms with Gasteiger partial charge in [-0.3, -0.25) is 4.79 Å². The Morgan fingerprint density at radius 2 is 1.79 bits per heavy atom. The highest BCUT2D eigenvalue weighted by atomic mass is 127. The highest BCUT2D eigenvalue weighted by molar-refractivity contribution is 14.0. The molecule has 1 fully saturated rings. The van der Waals surface area contributed by atoms with Gasteiger partial charge in [0.25, 0.3) is 5.91 Å². The third-order valence-electron chi connectivity index (χ3n) is 4.65. The third-order valence-corrected chi connectivity index (χ3v) is 4.65. The van der Waals surface area contributed by atoms with Crippen LogP contribution in [0, 0.1) is 0 Å². The van der Waals surface area contributed by atoms with Crippen LogP contribution in [-0.4, -0.2) is 37.0 Å². The van der Waals surface area contributed by atoms with E-state index in [9.17, 15) is 4.79 Å². The molecule has 3 rings (SSSR count). The zero-order valence-electron chi connectivity index (χ0n) is 16.1. The summed E-state index contributed by atoms with van der Waals surface area (Å²) in [5, 5.41) is 3.05. The van der Waals surface area contributed by atoms with Crippen LogP contribution >= 0.6 is 24.0 Å². The highest BCUT2D eigenvalue weighted by Gasteiger charge is 2.17. The quantitative estimate of drug-likeness (QED) is 0.376. The van der Waals surface area contributed by atoms with Gasteiger partial charge >= 0.3 is 0 Å². The minimum atomic E-state index is 0. The number of nitrogens with zero attached hydrogens (tertiary/aromatic N) is 2. The van der Waals surface area contributed by atoms with Crippen molar-refractivity contribution in [2.45, 2.75) is 25.8 Å². The molecule has 6 nitrogen and oxygen atoms in total. The van der Waals surface area contributed by atoms with Crippen molar-refractivity contribution in [3.8, 4) is 5.75 Å². The summed E-state index contributed by atoms with van der Waals surface area (Å²) >= 11 is 0. The summed E-state index contributed by atoms with van der Waals surface area (Å²) in [5.74, 6) is 1.13. The number of para-hydroxylation sites is 2. The molecule has 1 heterocycles. The fourth-order valence-corrected chi connectivity index (χ4v) is 3.13. The highest BCUT2D eigenvalue weighted by Crippen LogP contribution is 2.22. The van der Waals surface area contributed by atoms with E-state index in [1.165, 1.54) is 6.42 Å². The average molecular weight is 494 g/mol. The molecule has 2 aromatic rings. The van der Waals surface area contributed by atoms with Crippen molar-refractivity contribution in [3.63, 3.8) is 0 Å². The first-order valence-electron chi connectivity index (χ1n) is 9.25. The summed E-state index contributed by atoms with van der Waals surface area (Å²) in [6, 6.07) is 15.1. The van der Waals surface area contributed by atoms with E-state index >= 15 is 0 Å². The number of rotatable bonds is 5. The second-order valence-corrected chi connectivity index (χ2v) is 6.58. The van der Waals surface area contributed by atoms with Crippen LogP contribution in [0.3, 0.4) is 0 Å². The Bertz CT molecular complexity index is 802. The van der Waals surface area contributed by atoms with E-state index in [-0.39, 0.29) is 29.9 Å². The summed E-state index contributed by atoms with van der Waals surface area (Å²) < 4.78 is 5.29. The molecule has 1 aliphatic rings. The number of nitrogens with one attached hydrogen (secondary N) is 1. The first kappa shape index (κ1) is 22.0. The lowest BCUT2D eigenvalue weighted by Gasteiger charge is -2.26. The number of piperidine rings is 1. The predicted octanol–water partition coefficient (Wildman–Crippen LogP) is 3.87. The monoisotopic (exact) mass is 494 g/mol. The number of likely N-dealkylation sites (tertiary alicyclic amines) is 1. The number of guanidine groups is 1. The molecule has 0 radical (unpaired) electrons. The van der Waals surface area contributed by atoms with E-state index in [0.29, 0.717) is 18.3 Å². The first-order valence-corrected chi connectivity index (χ1v) is 9.25. The largest absolute Gasteiger partial charge is 0.495 e. The Labute approximate surface area is 183 Å². The van der Waals surface area contributed by atoms with Gasteiger partial charge in [0, 0.05) is 18.7 Å². The number of anilines is 1. The molecule has 1 aliphatic heterocycles. The van der Waals surface area contributed by atoms with E-state index in [2.05, 4.69) is 10.3 Å². The van der Waals surface area contributed by atoms with Crippen molar-refractivity contribution in [3.05, 3.63) is 59.7 Å². The van der Waals surface area contributed by atoms with Gasteiger partial charge in [-0.05, 0) is 49.1 Å². The van der Waals surface area contributed by atoms with Crippen LogP contribution < -0.4 is 15.8 Å². The Morgan fingerprint density at radius 3 is 2.46 bits per heavy atom. The van der Waals surface area contributed by atoms with Crippen molar-refractivity contribution in [2.24, 2.45) is 10.7 Å². The van der Waals surface area contributed by atoms with E-state index in [1.54, 1.807) is 7.11 Å². The van der Waals surface area contributed by atoms with Gasteiger partial charge < -0.3 is 20.7 Å². The summed E-state index contributed by atoms with van der Waals surface area (Å²) in [6.45, 7) is 2.15. The first-order chi connectivity index (χ1) is 13.2. The van der Waals surface area contributed by atoms with Crippen molar-refractivity contribution in [2.75, 3.05) is 25.5 Å². The molecule has 28 heavy (non-hydrogen) atoms. The van der Waals surface area contributed by atoms with Gasteiger partial charge in [0.05, 0.1) is 19.3 Å². The number of carbonyl (C=O) groups is 1. The molecule has 0 spiro atoms. The lowest BCUT2D eigenvalue weighted by atomic mass is 10.1. The number of benzene rings is 2. The van der Waals surface area contributed by atoms with Gasteiger partial charge in [-0.2, -0.15) is 0 Å². The molecule has 0 atom stereocenters. The zero-order chi connectivity index (χ0) is 19.1. The van der Waals surface area contributed by atoms with Crippen molar-refractivity contribution in [1.82, 2.24) is 4.90 Å². The molecule has 3 N–H and O–H groups in total. The number of carbonyl (C=O) groups excluding carboxylic acids is 1. The molecule has 0 aliphatic carbocycles. The van der Waals surface area contributed by atoms with Crippen molar-refractivity contribution >= 4 is 41.5 Å². The topological polar surface area (TPSA) is 80.0 Å². The minimum Gasteiger partial charge on any atom is -0.495 e. The maximum absolute atomic E-state index is 12.5. The SMILES string of the molecule is COc1ccccc1NC(N)=NCc1ccc(C(=O)N2CCCCC2)cc1.I. The average Bonchev–Trinajstić information content (AvgIpc) is 2.73. The summed E-state index contributed by atoms with van der Waals surface area (Å²) in [7, 11) is 1.61. The Morgan fingerprint density at radius 1 is 1.11 bits per heavy atom. The zero-order valence-corrected chi connectivity index (χ0v) is 18.4. The third kappa shape index (κ3) is 5.85. The lowest BCUT2D eigenvalue weighted by molar-refractivity contribution is 0.0724. The van der Waals surface area contributed by atoms with Gasteiger partial charge in [0.1, 0.15) is 5.75 Å². The van der Waals surface area contributed by atoms with Crippen LogP contribution in [0.5, 0.6) is 5.75 Å². The standard InChI is InChI=1S/C21H26N4O2.HI/c1-27-19-8-4-3-7-18(19)24-21(22)23-15-16-9-11-17(12-10-16)20(26)25-13-5-2-6-14-25;/h3-4,7-12H,2,5-6,13-15H2,1H3,(H3,22,23,24);1H. The maximum Gasteiger partial charge on any atom is 0.253 e. The van der Waals surface area contributed by atoms with Crippen LogP contribution in [-0.2, 0) is 6.54 Å². The van der Waals surface area contributed by atoms with Gasteiger partial charge in [-0.25, -0.2) is 4.99 Å². The second-order valence-electron chi connectivity index (χ2n) is 6.58. The van der Waals surface area contributed by atoms with E-state index in [4.69, 9.17) is 10.5 Å². The van der Waals surface area contributed by atoms with Crippen LogP contribution in [0.15, 0.2) is 53.5 Å². The molecule has 0 aromatic heterocycles. The number of amides is 1. The van der Waals surface area contributed by atoms with E-state index < -0.39 is 0 Å². The van der Waals surface area contributed by atoms with Crippen LogP contribution in [0.1, 0.15) is 35.2 Å². The number of methoxy groups -OCH3 is 1. The smallest absolute Gasteiger partial charge is 0.253 e. The van der Waals surface area contributed by atoms with Crippen LogP contribution in [0.4, 0.5) is 5.69 Å². The molecular weight excluding hydrogens is 467 g/mol. The molecular formula is C21H27IN4O2. The minimum absolute atomic E-state index is 0. The fourth-order valence-electron chi connectivity index (χ4n) is 3.13. The Kier molecular flexibility index (Phi) is 8.56. The number of ether oxygens (including phenoxy) is 1. The van der Waals surface area contributed by atoms with Gasteiger partial charge in [-0.1, -0.05) is 24.3 Å². The Hall–Kier alpha value is -2.29. The van der Waals surface area contributed by atoms with Crippen LogP contribution in [0.25, 0.3) is 0 Å². The number of hydrogen-bond acceptors (Lipinski definition) is 3. The summed E-state index contributed by atoms with van der Waals surface area (Å²) in [6.07, 6.45) is 3.40. The predicted molar refractivity (Wildman–Crippen MR) is 124 cm³/mol. The van der Waals surface area contributed by atoms with Gasteiger partial charge in [0.2, 0.25) is 0 Å². The maximum atomic E-state index is 12.5. The molecule has 0 unspecified atom stereocenters. The fraction of sp³-hybridized carbons (Fsp3) is 0.333. The second kappa shape index (κ2) is 10.9. The molecule has 150 valence electrons. The number of halogens is 1. The van der Waals surface area contributed by atoms with E-state index in [0.717, 1.165) is 42.7 Å². The molecule has 0 saturated carbocycles. The van der Waals surface area contributed by atoms with Crippen LogP contribution in [0.2, 0.25) is 0 Å². The summed E-state index contributed by atoms with van der Waals surface area (Å²) in [5.41, 5.74) is 8.46.